The number of rotatable bonds is 3. The monoisotopic (exact) mass is 267 g/mol. The highest BCUT2D eigenvalue weighted by molar-refractivity contribution is 9.10. The first-order valence-electron chi connectivity index (χ1n) is 3.75. The van der Waals surface area contributed by atoms with Gasteiger partial charge >= 0.3 is 0 Å². The summed E-state index contributed by atoms with van der Waals surface area (Å²) in [5.41, 5.74) is -0.167. The summed E-state index contributed by atoms with van der Waals surface area (Å²) in [7, 11) is 0. The van der Waals surface area contributed by atoms with Crippen LogP contribution in [0.25, 0.3) is 0 Å². The maximum Gasteiger partial charge on any atom is 0.147 e. The van der Waals surface area contributed by atoms with E-state index in [1.54, 1.807) is 0 Å². The second kappa shape index (κ2) is 4.68. The summed E-state index contributed by atoms with van der Waals surface area (Å²) in [6.45, 7) is 0.00502. The molecule has 78 valence electrons. The summed E-state index contributed by atoms with van der Waals surface area (Å²) < 4.78 is 26.2. The van der Waals surface area contributed by atoms with Crippen molar-refractivity contribution in [3.63, 3.8) is 0 Å². The predicted octanol–water partition coefficient (Wildman–Crippen LogP) is 1.87. The maximum atomic E-state index is 13.3. The molecule has 0 fully saturated rings. The fourth-order valence-electron chi connectivity index (χ4n) is 1.01. The van der Waals surface area contributed by atoms with E-state index in [9.17, 15) is 8.78 Å². The van der Waals surface area contributed by atoms with Crippen molar-refractivity contribution in [2.45, 2.75) is 6.42 Å². The first kappa shape index (κ1) is 11.4. The Kier molecular flexibility index (Phi) is 3.79. The Morgan fingerprint density at radius 3 is 2.71 bits per heavy atom. The maximum absolute atomic E-state index is 13.3. The first-order chi connectivity index (χ1) is 6.57. The van der Waals surface area contributed by atoms with Crippen molar-refractivity contribution in [2.75, 3.05) is 6.61 Å². The summed E-state index contributed by atoms with van der Waals surface area (Å²) in [5.74, 6) is 2.61. The Bertz CT molecular complexity index is 347. The van der Waals surface area contributed by atoms with Crippen LogP contribution in [-0.2, 0) is 11.3 Å². The number of aromatic hydroxyl groups is 1. The number of hydrogen-bond acceptors (Lipinski definition) is 3. The van der Waals surface area contributed by atoms with E-state index in [2.05, 4.69) is 20.8 Å². The molecule has 0 saturated carbocycles. The van der Waals surface area contributed by atoms with E-state index in [1.165, 1.54) is 0 Å². The van der Waals surface area contributed by atoms with Gasteiger partial charge in [-0.05, 0) is 15.9 Å². The van der Waals surface area contributed by atoms with E-state index < -0.39 is 17.4 Å². The van der Waals surface area contributed by atoms with Crippen LogP contribution in [0.3, 0.4) is 0 Å². The van der Waals surface area contributed by atoms with E-state index in [0.717, 1.165) is 6.07 Å². The van der Waals surface area contributed by atoms with Crippen LogP contribution in [-0.4, -0.2) is 11.7 Å². The lowest BCUT2D eigenvalue weighted by molar-refractivity contribution is 0.140. The molecular formula is C8H8BrF2NO2. The number of nitrogens with two attached hydrogens (primary N) is 1. The van der Waals surface area contributed by atoms with Crippen molar-refractivity contribution in [3.8, 4) is 5.75 Å². The molecule has 3 nitrogen and oxygen atoms in total. The number of benzene rings is 1. The highest BCUT2D eigenvalue weighted by atomic mass is 79.9. The predicted molar refractivity (Wildman–Crippen MR) is 49.6 cm³/mol. The molecule has 6 heteroatoms. The zero-order valence-corrected chi connectivity index (χ0v) is 8.64. The van der Waals surface area contributed by atoms with E-state index in [-0.39, 0.29) is 23.1 Å². The largest absolute Gasteiger partial charge is 0.507 e. The third kappa shape index (κ3) is 2.20. The van der Waals surface area contributed by atoms with Crippen LogP contribution >= 0.6 is 15.9 Å². The molecule has 0 heterocycles. The van der Waals surface area contributed by atoms with Gasteiger partial charge in [0.2, 0.25) is 0 Å². The number of hydrogen-bond donors (Lipinski definition) is 2. The van der Waals surface area contributed by atoms with Crippen LogP contribution in [0.5, 0.6) is 5.75 Å². The van der Waals surface area contributed by atoms with Gasteiger partial charge in [-0.2, -0.15) is 0 Å². The lowest BCUT2D eigenvalue weighted by Gasteiger charge is -2.07. The highest BCUT2D eigenvalue weighted by Gasteiger charge is 2.16. The van der Waals surface area contributed by atoms with E-state index >= 15 is 0 Å². The molecule has 0 amide bonds. The smallest absolute Gasteiger partial charge is 0.147 e. The average molecular weight is 268 g/mol. The van der Waals surface area contributed by atoms with E-state index in [0.29, 0.717) is 0 Å². The molecule has 0 atom stereocenters. The van der Waals surface area contributed by atoms with Gasteiger partial charge in [0.15, 0.2) is 0 Å². The third-order valence-electron chi connectivity index (χ3n) is 1.70. The highest BCUT2D eigenvalue weighted by Crippen LogP contribution is 2.31. The Balaban J connectivity index is 3.09. The van der Waals surface area contributed by atoms with Gasteiger partial charge in [0.05, 0.1) is 11.1 Å². The number of phenolic OH excluding ortho intramolecular Hbond substituents is 1. The SMILES string of the molecule is NOCCc1c(F)cc(O)c(Br)c1F. The quantitative estimate of drug-likeness (QED) is 0.650. The van der Waals surface area contributed by atoms with Crippen LogP contribution in [0.1, 0.15) is 5.56 Å². The molecule has 1 rings (SSSR count). The van der Waals surface area contributed by atoms with Gasteiger partial charge in [0.25, 0.3) is 0 Å². The number of halogens is 3. The van der Waals surface area contributed by atoms with Gasteiger partial charge in [-0.3, -0.25) is 0 Å². The first-order valence-corrected chi connectivity index (χ1v) is 4.54. The molecule has 0 radical (unpaired) electrons. The zero-order valence-electron chi connectivity index (χ0n) is 7.06. The molecule has 0 saturated heterocycles. The van der Waals surface area contributed by atoms with Crippen LogP contribution in [0.15, 0.2) is 10.5 Å². The normalized spacial score (nSPS) is 10.6. The van der Waals surface area contributed by atoms with E-state index in [4.69, 9.17) is 11.0 Å². The van der Waals surface area contributed by atoms with Crippen molar-refractivity contribution in [1.82, 2.24) is 0 Å². The minimum absolute atomic E-state index is 0.00502. The van der Waals surface area contributed by atoms with Crippen LogP contribution in [0, 0.1) is 11.6 Å². The molecule has 1 aromatic carbocycles. The summed E-state index contributed by atoms with van der Waals surface area (Å²) >= 11 is 2.79. The standard InChI is InChI=1S/C8H8BrF2NO2/c9-7-6(13)3-5(10)4(8(7)11)1-2-14-12/h3,13H,1-2,12H2. The molecular weight excluding hydrogens is 260 g/mol. The van der Waals surface area contributed by atoms with Crippen molar-refractivity contribution >= 4 is 15.9 Å². The molecule has 1 aromatic rings. The Hall–Kier alpha value is -0.720. The van der Waals surface area contributed by atoms with Crippen LogP contribution in [0.2, 0.25) is 0 Å². The van der Waals surface area contributed by atoms with Crippen molar-refractivity contribution in [1.29, 1.82) is 0 Å². The lowest BCUT2D eigenvalue weighted by atomic mass is 10.1. The number of phenols is 1. The Morgan fingerprint density at radius 2 is 2.14 bits per heavy atom. The molecule has 3 N–H and O–H groups in total. The molecule has 0 aliphatic carbocycles. The van der Waals surface area contributed by atoms with Crippen molar-refractivity contribution < 1.29 is 18.7 Å². The fraction of sp³-hybridized carbons (Fsp3) is 0.250. The summed E-state index contributed by atoms with van der Waals surface area (Å²) in [4.78, 5) is 4.21. The molecule has 14 heavy (non-hydrogen) atoms. The lowest BCUT2D eigenvalue weighted by Crippen LogP contribution is -2.07. The summed E-state index contributed by atoms with van der Waals surface area (Å²) in [5, 5.41) is 9.05. The van der Waals surface area contributed by atoms with Gasteiger partial charge in [-0.1, -0.05) is 0 Å². The fourth-order valence-corrected chi connectivity index (χ4v) is 1.36. The minimum atomic E-state index is -0.834. The summed E-state index contributed by atoms with van der Waals surface area (Å²) in [6, 6.07) is 0.832. The average Bonchev–Trinajstić information content (AvgIpc) is 2.14. The van der Waals surface area contributed by atoms with Gasteiger partial charge in [0.1, 0.15) is 17.4 Å². The second-order valence-electron chi connectivity index (χ2n) is 2.60. The van der Waals surface area contributed by atoms with Gasteiger partial charge < -0.3 is 9.94 Å². The topological polar surface area (TPSA) is 55.5 Å². The second-order valence-corrected chi connectivity index (χ2v) is 3.40. The summed E-state index contributed by atoms with van der Waals surface area (Å²) in [6.07, 6.45) is 0.00699. The Morgan fingerprint density at radius 1 is 1.50 bits per heavy atom. The van der Waals surface area contributed by atoms with Gasteiger partial charge in [-0.15, -0.1) is 0 Å². The molecule has 0 bridgehead atoms. The van der Waals surface area contributed by atoms with Crippen molar-refractivity contribution in [3.05, 3.63) is 27.7 Å². The molecule has 0 aliphatic rings. The van der Waals surface area contributed by atoms with Gasteiger partial charge in [0, 0.05) is 18.1 Å². The van der Waals surface area contributed by atoms with Crippen LogP contribution < -0.4 is 5.90 Å². The van der Waals surface area contributed by atoms with Crippen molar-refractivity contribution in [2.24, 2.45) is 5.90 Å². The van der Waals surface area contributed by atoms with Crippen LogP contribution in [0.4, 0.5) is 8.78 Å². The Labute approximate surface area is 87.6 Å². The molecule has 0 aliphatic heterocycles. The minimum Gasteiger partial charge on any atom is -0.507 e. The zero-order chi connectivity index (χ0) is 10.7. The molecule has 0 spiro atoms. The molecule has 0 unspecified atom stereocenters. The molecule has 0 aromatic heterocycles. The third-order valence-corrected chi connectivity index (χ3v) is 2.46. The van der Waals surface area contributed by atoms with E-state index in [1.807, 2.05) is 0 Å². The van der Waals surface area contributed by atoms with Gasteiger partial charge in [-0.25, -0.2) is 14.7 Å².